The minimum atomic E-state index is 0. The maximum Gasteiger partial charge on any atom is 2.00 e. The summed E-state index contributed by atoms with van der Waals surface area (Å²) >= 11 is 0. The zero-order valence-electron chi connectivity index (χ0n) is 15.7. The Morgan fingerprint density at radius 3 is 1.32 bits per heavy atom. The van der Waals surface area contributed by atoms with E-state index in [1.807, 2.05) is 18.2 Å². The molecular formula is C21H27Cl2SiZr. The van der Waals surface area contributed by atoms with Crippen LogP contribution in [-0.2, 0) is 26.2 Å². The van der Waals surface area contributed by atoms with Gasteiger partial charge in [-0.05, 0) is 6.92 Å². The number of rotatable bonds is 0. The zero-order chi connectivity index (χ0) is 16.5. The van der Waals surface area contributed by atoms with Crippen molar-refractivity contribution in [2.75, 3.05) is 0 Å². The summed E-state index contributed by atoms with van der Waals surface area (Å²) in [6.45, 7) is 10.5. The molecule has 133 valence electrons. The first kappa shape index (κ1) is 29.6. The van der Waals surface area contributed by atoms with Gasteiger partial charge in [0.1, 0.15) is 0 Å². The van der Waals surface area contributed by atoms with Crippen molar-refractivity contribution >= 4 is 40.2 Å². The molecule has 3 rings (SSSR count). The van der Waals surface area contributed by atoms with Crippen LogP contribution < -0.4 is 5.19 Å². The predicted molar refractivity (Wildman–Crippen MR) is 113 cm³/mol. The van der Waals surface area contributed by atoms with Gasteiger partial charge in [-0.25, -0.2) is 22.3 Å². The molecule has 0 saturated carbocycles. The Kier molecular flexibility index (Phi) is 19.0. The van der Waals surface area contributed by atoms with Crippen LogP contribution in [0.25, 0.3) is 0 Å². The minimum absolute atomic E-state index is 0. The molecule has 3 radical (unpaired) electrons. The van der Waals surface area contributed by atoms with Gasteiger partial charge in [0, 0.05) is 0 Å². The summed E-state index contributed by atoms with van der Waals surface area (Å²) in [5.74, 6) is 0. The van der Waals surface area contributed by atoms with Gasteiger partial charge in [0.05, 0.1) is 10.2 Å². The van der Waals surface area contributed by atoms with Crippen molar-refractivity contribution in [3.63, 3.8) is 0 Å². The molecule has 0 N–H and O–H groups in total. The number of benzene rings is 1. The molecule has 4 heteroatoms. The van der Waals surface area contributed by atoms with Gasteiger partial charge in [-0.1, -0.05) is 48.9 Å². The van der Waals surface area contributed by atoms with Gasteiger partial charge < -0.3 is 0 Å². The molecule has 0 saturated heterocycles. The Balaban J connectivity index is -0.000000275. The largest absolute Gasteiger partial charge is 2.00 e. The Labute approximate surface area is 189 Å². The first-order chi connectivity index (χ1) is 10.4. The molecule has 0 unspecified atom stereocenters. The molecule has 0 bridgehead atoms. The van der Waals surface area contributed by atoms with Crippen LogP contribution in [0, 0.1) is 19.1 Å². The summed E-state index contributed by atoms with van der Waals surface area (Å²) in [7, 11) is 3.44. The Morgan fingerprint density at radius 2 is 1.16 bits per heavy atom. The van der Waals surface area contributed by atoms with Crippen LogP contribution in [0.1, 0.15) is 46.1 Å². The van der Waals surface area contributed by atoms with Crippen LogP contribution in [0.5, 0.6) is 0 Å². The van der Waals surface area contributed by atoms with Gasteiger partial charge >= 0.3 is 26.2 Å². The molecule has 0 spiro atoms. The van der Waals surface area contributed by atoms with Crippen molar-refractivity contribution in [2.24, 2.45) is 0 Å². The van der Waals surface area contributed by atoms with Crippen LogP contribution in [0.4, 0.5) is 0 Å². The monoisotopic (exact) mass is 467 g/mol. The van der Waals surface area contributed by atoms with Crippen molar-refractivity contribution in [3.05, 3.63) is 76.4 Å². The van der Waals surface area contributed by atoms with E-state index < -0.39 is 0 Å². The third kappa shape index (κ3) is 12.0. The molecule has 25 heavy (non-hydrogen) atoms. The molecular weight excluding hydrogens is 442 g/mol. The van der Waals surface area contributed by atoms with Gasteiger partial charge in [0.15, 0.2) is 0 Å². The Hall–Kier alpha value is -0.140. The molecule has 1 aromatic carbocycles. The second-order valence-electron chi connectivity index (χ2n) is 5.60. The van der Waals surface area contributed by atoms with Crippen LogP contribution in [0.2, 0.25) is 0 Å². The predicted octanol–water partition coefficient (Wildman–Crippen LogP) is 5.80. The van der Waals surface area contributed by atoms with Crippen molar-refractivity contribution in [2.45, 2.75) is 47.5 Å². The van der Waals surface area contributed by atoms with Crippen LogP contribution >= 0.6 is 24.8 Å². The molecule has 0 amide bonds. The molecule has 0 aliphatic heterocycles. The van der Waals surface area contributed by atoms with Gasteiger partial charge in [-0.3, -0.25) is 12.2 Å². The summed E-state index contributed by atoms with van der Waals surface area (Å²) in [5, 5.41) is 1.17. The van der Waals surface area contributed by atoms with E-state index in [9.17, 15) is 0 Å². The number of allylic oxidation sites excluding steroid dienone is 8. The number of halogens is 2. The minimum Gasteiger partial charge on any atom is -0.270 e. The molecule has 0 heterocycles. The second kappa shape index (κ2) is 16.1. The third-order valence-corrected chi connectivity index (χ3v) is 4.44. The SMILES string of the molecule is CC1=[C-]CC=C1C.CC1=[C-]CC=C1C.Cc1ccccc1[Si].Cl.Cl.[Zr+2]. The fourth-order valence-corrected chi connectivity index (χ4v) is 2.05. The summed E-state index contributed by atoms with van der Waals surface area (Å²) < 4.78 is 0. The van der Waals surface area contributed by atoms with E-state index in [0.717, 1.165) is 12.8 Å². The first-order valence-corrected chi connectivity index (χ1v) is 8.18. The van der Waals surface area contributed by atoms with E-state index in [0.29, 0.717) is 0 Å². The van der Waals surface area contributed by atoms with Crippen molar-refractivity contribution < 1.29 is 26.2 Å². The quantitative estimate of drug-likeness (QED) is 0.333. The molecule has 2 aliphatic carbocycles. The fourth-order valence-electron chi connectivity index (χ4n) is 1.87. The van der Waals surface area contributed by atoms with Gasteiger partial charge in [-0.2, -0.15) is 12.2 Å². The molecule has 0 aromatic heterocycles. The van der Waals surface area contributed by atoms with E-state index in [-0.39, 0.29) is 51.0 Å². The average Bonchev–Trinajstić information content (AvgIpc) is 3.04. The number of aryl methyl sites for hydroxylation is 1. The zero-order valence-corrected chi connectivity index (χ0v) is 20.8. The van der Waals surface area contributed by atoms with Gasteiger partial charge in [0.25, 0.3) is 0 Å². The maximum absolute atomic E-state index is 3.44. The van der Waals surface area contributed by atoms with E-state index in [1.165, 1.54) is 33.0 Å². The Morgan fingerprint density at radius 1 is 0.760 bits per heavy atom. The van der Waals surface area contributed by atoms with Crippen molar-refractivity contribution in [1.82, 2.24) is 0 Å². The third-order valence-electron chi connectivity index (χ3n) is 3.88. The standard InChI is InChI=1S/C7H7Si.2C7H9.2ClH.Zr/c1-6-4-2-3-5-7(6)8;2*1-6-4-3-5-7(6)2;;;/h2-5H,1H3;2*4H,3H2,1-2H3;2*1H;/q;2*-1;;;+2. The van der Waals surface area contributed by atoms with Crippen LogP contribution in [-0.4, -0.2) is 10.2 Å². The van der Waals surface area contributed by atoms with E-state index >= 15 is 0 Å². The molecule has 0 atom stereocenters. The summed E-state index contributed by atoms with van der Waals surface area (Å²) in [5.41, 5.74) is 6.70. The molecule has 1 aromatic rings. The molecule has 2 aliphatic rings. The van der Waals surface area contributed by atoms with Crippen LogP contribution in [0.3, 0.4) is 0 Å². The van der Waals surface area contributed by atoms with E-state index in [1.54, 1.807) is 0 Å². The van der Waals surface area contributed by atoms with Gasteiger partial charge in [-0.15, -0.1) is 51.5 Å². The summed E-state index contributed by atoms with van der Waals surface area (Å²) in [6, 6.07) is 8.14. The number of hydrogen-bond donors (Lipinski definition) is 0. The number of hydrogen-bond acceptors (Lipinski definition) is 0. The average molecular weight is 470 g/mol. The topological polar surface area (TPSA) is 0 Å². The van der Waals surface area contributed by atoms with Crippen LogP contribution in [0.15, 0.2) is 58.7 Å². The second-order valence-corrected chi connectivity index (χ2v) is 6.14. The molecule has 0 nitrogen and oxygen atoms in total. The Bertz CT molecular complexity index is 542. The fraction of sp³-hybridized carbons (Fsp3) is 0.333. The smallest absolute Gasteiger partial charge is 0.270 e. The molecule has 0 fully saturated rings. The van der Waals surface area contributed by atoms with Crippen molar-refractivity contribution in [1.29, 1.82) is 0 Å². The van der Waals surface area contributed by atoms with Crippen molar-refractivity contribution in [3.8, 4) is 0 Å². The van der Waals surface area contributed by atoms with E-state index in [2.05, 4.69) is 75.2 Å². The normalized spacial score (nSPS) is 13.7. The van der Waals surface area contributed by atoms with Gasteiger partial charge in [0.2, 0.25) is 0 Å². The maximum atomic E-state index is 3.44. The summed E-state index contributed by atoms with van der Waals surface area (Å²) in [6.07, 6.45) is 12.8. The summed E-state index contributed by atoms with van der Waals surface area (Å²) in [4.78, 5) is 0. The first-order valence-electron chi connectivity index (χ1n) is 7.68. The van der Waals surface area contributed by atoms with E-state index in [4.69, 9.17) is 0 Å².